The number of methoxy groups -OCH3 is 1. The number of anilines is 1. The molecule has 0 aliphatic heterocycles. The molecule has 0 bridgehead atoms. The summed E-state index contributed by atoms with van der Waals surface area (Å²) in [5.41, 5.74) is 0.648. The number of hydrogen-bond acceptors (Lipinski definition) is 7. The summed E-state index contributed by atoms with van der Waals surface area (Å²) in [6.45, 7) is 3.86. The number of aliphatic hydroxyl groups excluding tert-OH is 1. The van der Waals surface area contributed by atoms with Crippen LogP contribution in [0.5, 0.6) is 5.75 Å². The maximum atomic E-state index is 9.90. The maximum Gasteiger partial charge on any atom is 0.182 e. The van der Waals surface area contributed by atoms with Gasteiger partial charge in [0.25, 0.3) is 0 Å². The number of aliphatic hydroxyl groups is 1. The molecule has 0 spiro atoms. The van der Waals surface area contributed by atoms with Gasteiger partial charge in [0.05, 0.1) is 13.3 Å². The molecule has 7 nitrogen and oxygen atoms in total. The zero-order valence-corrected chi connectivity index (χ0v) is 12.2. The van der Waals surface area contributed by atoms with Crippen molar-refractivity contribution in [1.82, 2.24) is 20.3 Å². The topological polar surface area (TPSA) is 92.2 Å². The van der Waals surface area contributed by atoms with Crippen molar-refractivity contribution in [2.24, 2.45) is 0 Å². The number of ether oxygens (including phenoxy) is 1. The van der Waals surface area contributed by atoms with Crippen molar-refractivity contribution in [2.75, 3.05) is 12.4 Å². The quantitative estimate of drug-likeness (QED) is 0.689. The Kier molecular flexibility index (Phi) is 5.02. The van der Waals surface area contributed by atoms with Crippen molar-refractivity contribution in [3.05, 3.63) is 30.6 Å². The van der Waals surface area contributed by atoms with Gasteiger partial charge < -0.3 is 15.2 Å². The normalized spacial score (nSPS) is 12.2. The van der Waals surface area contributed by atoms with Crippen molar-refractivity contribution < 1.29 is 9.84 Å². The van der Waals surface area contributed by atoms with E-state index in [0.29, 0.717) is 23.1 Å². The Morgan fingerprint density at radius 2 is 2.05 bits per heavy atom. The highest BCUT2D eigenvalue weighted by atomic mass is 16.5. The van der Waals surface area contributed by atoms with E-state index in [1.807, 2.05) is 32.0 Å². The molecule has 112 valence electrons. The first-order chi connectivity index (χ1) is 10.1. The van der Waals surface area contributed by atoms with Crippen LogP contribution < -0.4 is 15.4 Å². The molecule has 21 heavy (non-hydrogen) atoms. The van der Waals surface area contributed by atoms with Gasteiger partial charge in [0.15, 0.2) is 23.7 Å². The minimum atomic E-state index is -0.939. The lowest BCUT2D eigenvalue weighted by Crippen LogP contribution is -2.40. The Balaban J connectivity index is 2.26. The Hall–Kier alpha value is -2.25. The molecule has 1 unspecified atom stereocenters. The molecule has 2 rings (SSSR count). The van der Waals surface area contributed by atoms with Gasteiger partial charge in [0.1, 0.15) is 5.69 Å². The fourth-order valence-corrected chi connectivity index (χ4v) is 1.73. The van der Waals surface area contributed by atoms with Crippen molar-refractivity contribution in [3.63, 3.8) is 0 Å². The van der Waals surface area contributed by atoms with Crippen molar-refractivity contribution in [1.29, 1.82) is 0 Å². The van der Waals surface area contributed by atoms with Gasteiger partial charge in [0, 0.05) is 12.2 Å². The fraction of sp³-hybridized carbons (Fsp3) is 0.357. The van der Waals surface area contributed by atoms with E-state index in [4.69, 9.17) is 4.74 Å². The van der Waals surface area contributed by atoms with Crippen LogP contribution in [0.4, 0.5) is 5.82 Å². The third-order valence-corrected chi connectivity index (χ3v) is 2.63. The van der Waals surface area contributed by atoms with E-state index in [0.717, 1.165) is 0 Å². The largest absolute Gasteiger partial charge is 0.491 e. The fourth-order valence-electron chi connectivity index (χ4n) is 1.73. The number of nitrogens with zero attached hydrogens (tertiary/aromatic N) is 3. The molecule has 0 saturated carbocycles. The molecule has 0 radical (unpaired) electrons. The molecular formula is C14H19N5O2. The van der Waals surface area contributed by atoms with Gasteiger partial charge in [-0.25, -0.2) is 9.97 Å². The monoisotopic (exact) mass is 289 g/mol. The summed E-state index contributed by atoms with van der Waals surface area (Å²) in [5.74, 6) is 1.30. The van der Waals surface area contributed by atoms with Crippen LogP contribution in [0.15, 0.2) is 30.6 Å². The first kappa shape index (κ1) is 15.1. The van der Waals surface area contributed by atoms with Crippen molar-refractivity contribution in [2.45, 2.75) is 26.2 Å². The number of nitrogens with one attached hydrogen (secondary N) is 2. The lowest BCUT2D eigenvalue weighted by Gasteiger charge is -2.19. The molecule has 0 amide bonds. The van der Waals surface area contributed by atoms with Gasteiger partial charge in [-0.1, -0.05) is 6.07 Å². The van der Waals surface area contributed by atoms with E-state index in [1.165, 1.54) is 7.11 Å². The Bertz CT molecular complexity index is 577. The van der Waals surface area contributed by atoms with E-state index in [9.17, 15) is 5.11 Å². The Labute approximate surface area is 123 Å². The molecule has 0 fully saturated rings. The van der Waals surface area contributed by atoms with E-state index in [1.54, 1.807) is 12.4 Å². The maximum absolute atomic E-state index is 9.90. The Morgan fingerprint density at radius 3 is 2.67 bits per heavy atom. The predicted molar refractivity (Wildman–Crippen MR) is 79.7 cm³/mol. The minimum absolute atomic E-state index is 0.121. The molecule has 2 aromatic rings. The van der Waals surface area contributed by atoms with Crippen molar-refractivity contribution in [3.8, 4) is 17.3 Å². The number of pyridine rings is 1. The first-order valence-electron chi connectivity index (χ1n) is 6.63. The Morgan fingerprint density at radius 1 is 1.24 bits per heavy atom. The second-order valence-electron chi connectivity index (χ2n) is 4.69. The van der Waals surface area contributed by atoms with E-state index in [2.05, 4.69) is 25.6 Å². The average Bonchev–Trinajstić information content (AvgIpc) is 2.47. The standard InChI is InChI=1S/C14H19N5O2/c1-9(2)17-14(20)19-13-11(21-3)8-16-12(18-13)10-6-4-5-7-15-10/h4-9,14,17,20H,1-3H3,(H,16,18,19). The molecule has 0 aromatic carbocycles. The van der Waals surface area contributed by atoms with Gasteiger partial charge in [-0.15, -0.1) is 0 Å². The highest BCUT2D eigenvalue weighted by molar-refractivity contribution is 5.57. The van der Waals surface area contributed by atoms with Crippen LogP contribution in [0, 0.1) is 0 Å². The zero-order chi connectivity index (χ0) is 15.2. The molecule has 1 atom stereocenters. The van der Waals surface area contributed by atoms with Gasteiger partial charge in [-0.3, -0.25) is 10.3 Å². The van der Waals surface area contributed by atoms with Crippen LogP contribution in [0.2, 0.25) is 0 Å². The van der Waals surface area contributed by atoms with E-state index < -0.39 is 6.35 Å². The van der Waals surface area contributed by atoms with Crippen LogP contribution in [-0.4, -0.2) is 39.6 Å². The zero-order valence-electron chi connectivity index (χ0n) is 12.2. The lowest BCUT2D eigenvalue weighted by atomic mass is 10.3. The molecular weight excluding hydrogens is 270 g/mol. The number of aromatic nitrogens is 3. The summed E-state index contributed by atoms with van der Waals surface area (Å²) in [7, 11) is 1.52. The third-order valence-electron chi connectivity index (χ3n) is 2.63. The van der Waals surface area contributed by atoms with E-state index >= 15 is 0 Å². The van der Waals surface area contributed by atoms with Crippen LogP contribution >= 0.6 is 0 Å². The summed E-state index contributed by atoms with van der Waals surface area (Å²) < 4.78 is 5.20. The van der Waals surface area contributed by atoms with Gasteiger partial charge in [-0.05, 0) is 26.0 Å². The summed E-state index contributed by atoms with van der Waals surface area (Å²) in [5, 5.41) is 15.7. The molecule has 2 aromatic heterocycles. The smallest absolute Gasteiger partial charge is 0.182 e. The molecule has 7 heteroatoms. The van der Waals surface area contributed by atoms with Gasteiger partial charge >= 0.3 is 0 Å². The molecule has 0 aliphatic carbocycles. The average molecular weight is 289 g/mol. The lowest BCUT2D eigenvalue weighted by molar-refractivity contribution is 0.154. The highest BCUT2D eigenvalue weighted by Crippen LogP contribution is 2.23. The predicted octanol–water partition coefficient (Wildman–Crippen LogP) is 1.23. The second-order valence-corrected chi connectivity index (χ2v) is 4.69. The number of hydrogen-bond donors (Lipinski definition) is 3. The highest BCUT2D eigenvalue weighted by Gasteiger charge is 2.13. The van der Waals surface area contributed by atoms with E-state index in [-0.39, 0.29) is 6.04 Å². The number of rotatable bonds is 6. The SMILES string of the molecule is COc1cnc(-c2ccccn2)nc1NC(O)NC(C)C. The van der Waals surface area contributed by atoms with Crippen LogP contribution in [0.25, 0.3) is 11.5 Å². The van der Waals surface area contributed by atoms with Gasteiger partial charge in [0.2, 0.25) is 0 Å². The van der Waals surface area contributed by atoms with Crippen LogP contribution in [-0.2, 0) is 0 Å². The third kappa shape index (κ3) is 4.11. The first-order valence-corrected chi connectivity index (χ1v) is 6.63. The minimum Gasteiger partial charge on any atom is -0.491 e. The van der Waals surface area contributed by atoms with Crippen LogP contribution in [0.3, 0.4) is 0 Å². The molecule has 3 N–H and O–H groups in total. The second kappa shape index (κ2) is 6.96. The summed E-state index contributed by atoms with van der Waals surface area (Å²) in [4.78, 5) is 12.8. The van der Waals surface area contributed by atoms with Gasteiger partial charge in [-0.2, -0.15) is 0 Å². The summed E-state index contributed by atoms with van der Waals surface area (Å²) >= 11 is 0. The summed E-state index contributed by atoms with van der Waals surface area (Å²) in [6.07, 6.45) is 2.28. The summed E-state index contributed by atoms with van der Waals surface area (Å²) in [6, 6.07) is 5.62. The van der Waals surface area contributed by atoms with Crippen molar-refractivity contribution >= 4 is 5.82 Å². The molecule has 2 heterocycles. The van der Waals surface area contributed by atoms with Crippen LogP contribution in [0.1, 0.15) is 13.8 Å². The molecule has 0 saturated heterocycles. The molecule has 0 aliphatic rings.